The lowest BCUT2D eigenvalue weighted by molar-refractivity contribution is 0.102. The number of fused-ring (bicyclic) bond motifs is 1. The number of nitrogens with one attached hydrogen (secondary N) is 1. The van der Waals surface area contributed by atoms with E-state index in [1.165, 1.54) is 49.3 Å². The number of nitrogens with zero attached hydrogens (tertiary/aromatic N) is 3. The zero-order valence-electron chi connectivity index (χ0n) is 16.4. The van der Waals surface area contributed by atoms with Crippen LogP contribution in [0.15, 0.2) is 23.7 Å². The number of carbonyl (C=O) groups excluding carboxylic acids is 1. The van der Waals surface area contributed by atoms with E-state index in [-0.39, 0.29) is 16.1 Å². The highest BCUT2D eigenvalue weighted by Gasteiger charge is 2.36. The van der Waals surface area contributed by atoms with Crippen molar-refractivity contribution >= 4 is 73.5 Å². The minimum absolute atomic E-state index is 0.169. The van der Waals surface area contributed by atoms with Crippen molar-refractivity contribution in [3.8, 4) is 10.6 Å². The van der Waals surface area contributed by atoms with Gasteiger partial charge in [0.15, 0.2) is 5.13 Å². The highest BCUT2D eigenvalue weighted by Crippen LogP contribution is 2.46. The molecular weight excluding hydrogens is 495 g/mol. The van der Waals surface area contributed by atoms with Crippen LogP contribution in [-0.4, -0.2) is 29.0 Å². The van der Waals surface area contributed by atoms with Gasteiger partial charge in [0.2, 0.25) is 0 Å². The number of pyridine rings is 1. The maximum atomic E-state index is 12.7. The molecule has 0 radical (unpaired) electrons. The van der Waals surface area contributed by atoms with Crippen molar-refractivity contribution in [1.29, 1.82) is 0 Å². The molecule has 10 heteroatoms. The fourth-order valence-corrected chi connectivity index (χ4v) is 6.86. The smallest absolute Gasteiger partial charge is 0.259 e. The number of hydrogen-bond donors (Lipinski definition) is 1. The van der Waals surface area contributed by atoms with Crippen LogP contribution in [0.5, 0.6) is 0 Å². The Morgan fingerprint density at radius 1 is 1.13 bits per heavy atom. The van der Waals surface area contributed by atoms with Crippen molar-refractivity contribution in [3.63, 3.8) is 0 Å². The minimum atomic E-state index is -0.322. The van der Waals surface area contributed by atoms with E-state index in [4.69, 9.17) is 39.8 Å². The Labute approximate surface area is 203 Å². The highest BCUT2D eigenvalue weighted by atomic mass is 35.5. The lowest BCUT2D eigenvalue weighted by Gasteiger charge is -2.22. The van der Waals surface area contributed by atoms with E-state index < -0.39 is 0 Å². The topological polar surface area (TPSA) is 58.1 Å². The second-order valence-corrected chi connectivity index (χ2v) is 11.1. The number of anilines is 2. The molecule has 3 aromatic heterocycles. The molecule has 0 aromatic carbocycles. The number of carbonyl (C=O) groups is 1. The van der Waals surface area contributed by atoms with Gasteiger partial charge in [-0.25, -0.2) is 9.97 Å². The summed E-state index contributed by atoms with van der Waals surface area (Å²) in [6.45, 7) is 2.09. The highest BCUT2D eigenvalue weighted by molar-refractivity contribution is 7.21. The van der Waals surface area contributed by atoms with Gasteiger partial charge in [0.25, 0.3) is 5.91 Å². The van der Waals surface area contributed by atoms with Crippen molar-refractivity contribution < 1.29 is 4.79 Å². The first-order chi connectivity index (χ1) is 15.0. The molecule has 2 aliphatic rings. The molecule has 4 heterocycles. The third-order valence-electron chi connectivity index (χ3n) is 5.95. The summed E-state index contributed by atoms with van der Waals surface area (Å²) in [7, 11) is 0. The zero-order valence-corrected chi connectivity index (χ0v) is 20.3. The molecule has 2 fully saturated rings. The summed E-state index contributed by atoms with van der Waals surface area (Å²) in [5.74, 6) is 1.17. The Bertz CT molecular complexity index is 1120. The average molecular weight is 514 g/mol. The molecule has 0 bridgehead atoms. The van der Waals surface area contributed by atoms with Crippen molar-refractivity contribution in [1.82, 2.24) is 9.97 Å². The molecule has 1 aliphatic carbocycles. The fraction of sp³-hybridized carbons (Fsp3) is 0.381. The third kappa shape index (κ3) is 4.44. The molecule has 1 saturated carbocycles. The monoisotopic (exact) mass is 512 g/mol. The number of hydrogen-bond acceptors (Lipinski definition) is 6. The summed E-state index contributed by atoms with van der Waals surface area (Å²) < 4.78 is 0. The predicted molar refractivity (Wildman–Crippen MR) is 130 cm³/mol. The van der Waals surface area contributed by atoms with Crippen LogP contribution in [0, 0.1) is 11.8 Å². The van der Waals surface area contributed by atoms with Gasteiger partial charge >= 0.3 is 0 Å². The summed E-state index contributed by atoms with van der Waals surface area (Å²) >= 11 is 21.1. The molecule has 162 valence electrons. The average Bonchev–Trinajstić information content (AvgIpc) is 3.47. The van der Waals surface area contributed by atoms with E-state index in [0.29, 0.717) is 15.7 Å². The SMILES string of the molecule is O=C(Nc1nc(-c2cc(Cl)cs2)c(N2CC3CCCCC3C2)s1)c1cnc(Cl)c(Cl)c1. The Morgan fingerprint density at radius 2 is 1.87 bits per heavy atom. The molecule has 3 aromatic rings. The lowest BCUT2D eigenvalue weighted by atomic mass is 9.82. The standard InChI is InChI=1S/C21H19Cl3N4OS2/c22-14-6-16(30-10-14)17-20(28-8-11-3-1-2-4-12(11)9-28)31-21(26-17)27-19(29)13-5-15(23)18(24)25-7-13/h5-7,10-12H,1-4,8-9H2,(H,26,27,29). The van der Waals surface area contributed by atoms with E-state index in [9.17, 15) is 4.79 Å². The van der Waals surface area contributed by atoms with Crippen LogP contribution >= 0.6 is 57.5 Å². The molecule has 1 N–H and O–H groups in total. The lowest BCUT2D eigenvalue weighted by Crippen LogP contribution is -2.19. The second kappa shape index (κ2) is 8.87. The van der Waals surface area contributed by atoms with Gasteiger partial charge in [-0.05, 0) is 36.8 Å². The van der Waals surface area contributed by atoms with Gasteiger partial charge in [0.1, 0.15) is 15.8 Å². The second-order valence-electron chi connectivity index (χ2n) is 7.96. The molecule has 1 saturated heterocycles. The van der Waals surface area contributed by atoms with Gasteiger partial charge in [-0.3, -0.25) is 10.1 Å². The molecule has 0 spiro atoms. The summed E-state index contributed by atoms with van der Waals surface area (Å²) in [5, 5.41) is 7.54. The van der Waals surface area contributed by atoms with Crippen molar-refractivity contribution in [2.75, 3.05) is 23.3 Å². The Kier molecular flexibility index (Phi) is 6.14. The Morgan fingerprint density at radius 3 is 2.52 bits per heavy atom. The van der Waals surface area contributed by atoms with Gasteiger partial charge in [0.05, 0.1) is 20.5 Å². The summed E-state index contributed by atoms with van der Waals surface area (Å²) in [6.07, 6.45) is 6.65. The van der Waals surface area contributed by atoms with Crippen LogP contribution in [0.3, 0.4) is 0 Å². The first-order valence-corrected chi connectivity index (χ1v) is 12.9. The predicted octanol–water partition coefficient (Wildman–Crippen LogP) is 7.11. The summed E-state index contributed by atoms with van der Waals surface area (Å²) in [4.78, 5) is 24.9. The van der Waals surface area contributed by atoms with Gasteiger partial charge in [-0.1, -0.05) is 59.0 Å². The van der Waals surface area contributed by atoms with Crippen molar-refractivity contribution in [3.05, 3.63) is 44.5 Å². The van der Waals surface area contributed by atoms with Crippen molar-refractivity contribution in [2.24, 2.45) is 11.8 Å². The molecule has 1 amide bonds. The van der Waals surface area contributed by atoms with E-state index >= 15 is 0 Å². The molecule has 2 atom stereocenters. The van der Waals surface area contributed by atoms with Gasteiger partial charge in [0, 0.05) is 24.7 Å². The minimum Gasteiger partial charge on any atom is -0.361 e. The quantitative estimate of drug-likeness (QED) is 0.378. The van der Waals surface area contributed by atoms with Gasteiger partial charge < -0.3 is 4.90 Å². The van der Waals surface area contributed by atoms with Crippen LogP contribution in [0.4, 0.5) is 10.1 Å². The molecule has 5 rings (SSSR count). The molecule has 1 aliphatic heterocycles. The molecular formula is C21H19Cl3N4OS2. The van der Waals surface area contributed by atoms with Gasteiger partial charge in [-0.2, -0.15) is 0 Å². The van der Waals surface area contributed by atoms with Crippen LogP contribution in [-0.2, 0) is 0 Å². The number of thiazole rings is 1. The van der Waals surface area contributed by atoms with Crippen molar-refractivity contribution in [2.45, 2.75) is 25.7 Å². The fourth-order valence-electron chi connectivity index (χ4n) is 4.46. The van der Waals surface area contributed by atoms with Crippen LogP contribution in [0.1, 0.15) is 36.0 Å². The number of halogens is 3. The van der Waals surface area contributed by atoms with E-state index in [0.717, 1.165) is 40.5 Å². The van der Waals surface area contributed by atoms with E-state index in [1.807, 2.05) is 11.4 Å². The van der Waals surface area contributed by atoms with Crippen LogP contribution < -0.4 is 10.2 Å². The van der Waals surface area contributed by atoms with Gasteiger partial charge in [-0.15, -0.1) is 11.3 Å². The Balaban J connectivity index is 1.44. The number of rotatable bonds is 4. The first kappa shape index (κ1) is 21.5. The summed E-state index contributed by atoms with van der Waals surface area (Å²) in [5.41, 5.74) is 1.21. The number of thiophene rings is 1. The molecule has 31 heavy (non-hydrogen) atoms. The number of amides is 1. The van der Waals surface area contributed by atoms with Crippen LogP contribution in [0.2, 0.25) is 15.2 Å². The van der Waals surface area contributed by atoms with Crippen LogP contribution in [0.25, 0.3) is 10.6 Å². The maximum absolute atomic E-state index is 12.7. The largest absolute Gasteiger partial charge is 0.361 e. The third-order valence-corrected chi connectivity index (χ3v) is 8.95. The first-order valence-electron chi connectivity index (χ1n) is 10.1. The van der Waals surface area contributed by atoms with E-state index in [1.54, 1.807) is 11.3 Å². The normalized spacial score (nSPS) is 20.7. The zero-order chi connectivity index (χ0) is 21.5. The summed E-state index contributed by atoms with van der Waals surface area (Å²) in [6, 6.07) is 3.44. The molecule has 2 unspecified atom stereocenters. The van der Waals surface area contributed by atoms with E-state index in [2.05, 4.69) is 15.2 Å². The maximum Gasteiger partial charge on any atom is 0.259 e. The Hall–Kier alpha value is -1.38. The molecule has 5 nitrogen and oxygen atoms in total. The number of aromatic nitrogens is 2.